The maximum absolute atomic E-state index is 4.08. The number of nitrogens with one attached hydrogen (secondary N) is 2. The number of hydrogen-bond donors (Lipinski definition) is 2. The van der Waals surface area contributed by atoms with Crippen molar-refractivity contribution in [2.45, 2.75) is 19.9 Å². The van der Waals surface area contributed by atoms with Crippen LogP contribution in [0.15, 0.2) is 30.7 Å². The summed E-state index contributed by atoms with van der Waals surface area (Å²) < 4.78 is 0. The van der Waals surface area contributed by atoms with Gasteiger partial charge in [-0.1, -0.05) is 0 Å². The molecule has 0 aliphatic rings. The van der Waals surface area contributed by atoms with Gasteiger partial charge in [0.2, 0.25) is 0 Å². The molecule has 2 aromatic rings. The first kappa shape index (κ1) is 10.8. The number of aromatic nitrogens is 3. The van der Waals surface area contributed by atoms with Crippen molar-refractivity contribution >= 4 is 0 Å². The molecule has 0 aromatic carbocycles. The highest BCUT2D eigenvalue weighted by Crippen LogP contribution is 2.04. The summed E-state index contributed by atoms with van der Waals surface area (Å²) in [7, 11) is 0. The van der Waals surface area contributed by atoms with E-state index >= 15 is 0 Å². The zero-order valence-electron chi connectivity index (χ0n) is 9.40. The Morgan fingerprint density at radius 1 is 1.31 bits per heavy atom. The lowest BCUT2D eigenvalue weighted by atomic mass is 10.1. The van der Waals surface area contributed by atoms with E-state index in [1.807, 2.05) is 18.5 Å². The topological polar surface area (TPSA) is 53.6 Å². The monoisotopic (exact) mass is 216 g/mol. The quantitative estimate of drug-likeness (QED) is 0.744. The molecular formula is C12H16N4. The molecule has 2 aromatic heterocycles. The van der Waals surface area contributed by atoms with Gasteiger partial charge in [0.15, 0.2) is 0 Å². The Labute approximate surface area is 95.1 Å². The van der Waals surface area contributed by atoms with Crippen LogP contribution in [0.1, 0.15) is 16.8 Å². The SMILES string of the molecule is Cc1cnccc1CCNCc1ccn[nH]1. The lowest BCUT2D eigenvalue weighted by molar-refractivity contribution is 0.671. The van der Waals surface area contributed by atoms with Crippen LogP contribution in [0.2, 0.25) is 0 Å². The molecule has 2 rings (SSSR count). The van der Waals surface area contributed by atoms with Gasteiger partial charge in [-0.15, -0.1) is 0 Å². The normalized spacial score (nSPS) is 10.6. The highest BCUT2D eigenvalue weighted by molar-refractivity contribution is 5.21. The van der Waals surface area contributed by atoms with Crippen LogP contribution in [-0.2, 0) is 13.0 Å². The van der Waals surface area contributed by atoms with Crippen molar-refractivity contribution in [2.24, 2.45) is 0 Å². The minimum Gasteiger partial charge on any atom is -0.311 e. The third-order valence-corrected chi connectivity index (χ3v) is 2.58. The number of rotatable bonds is 5. The second-order valence-corrected chi connectivity index (χ2v) is 3.81. The summed E-state index contributed by atoms with van der Waals surface area (Å²) in [5.74, 6) is 0. The van der Waals surface area contributed by atoms with E-state index in [9.17, 15) is 0 Å². The second-order valence-electron chi connectivity index (χ2n) is 3.81. The number of aromatic amines is 1. The molecule has 4 heteroatoms. The lowest BCUT2D eigenvalue weighted by Crippen LogP contribution is -2.17. The van der Waals surface area contributed by atoms with Crippen molar-refractivity contribution in [1.29, 1.82) is 0 Å². The van der Waals surface area contributed by atoms with Crippen LogP contribution < -0.4 is 5.32 Å². The fourth-order valence-corrected chi connectivity index (χ4v) is 1.61. The molecule has 0 saturated carbocycles. The van der Waals surface area contributed by atoms with Gasteiger partial charge in [0.05, 0.1) is 0 Å². The van der Waals surface area contributed by atoms with Crippen molar-refractivity contribution in [3.8, 4) is 0 Å². The Morgan fingerprint density at radius 3 is 3.00 bits per heavy atom. The van der Waals surface area contributed by atoms with E-state index in [4.69, 9.17) is 0 Å². The van der Waals surface area contributed by atoms with E-state index in [1.165, 1.54) is 11.1 Å². The molecule has 0 saturated heterocycles. The molecule has 0 unspecified atom stereocenters. The predicted octanol–water partition coefficient (Wildman–Crippen LogP) is 1.45. The number of nitrogens with zero attached hydrogens (tertiary/aromatic N) is 2. The van der Waals surface area contributed by atoms with Gasteiger partial charge in [-0.3, -0.25) is 10.1 Å². The summed E-state index contributed by atoms with van der Waals surface area (Å²) in [5.41, 5.74) is 3.73. The molecule has 0 spiro atoms. The average molecular weight is 216 g/mol. The van der Waals surface area contributed by atoms with Crippen LogP contribution in [0.4, 0.5) is 0 Å². The Kier molecular flexibility index (Phi) is 3.66. The van der Waals surface area contributed by atoms with Gasteiger partial charge >= 0.3 is 0 Å². The van der Waals surface area contributed by atoms with Gasteiger partial charge in [-0.2, -0.15) is 5.10 Å². The summed E-state index contributed by atoms with van der Waals surface area (Å²) in [6.45, 7) is 3.89. The fraction of sp³-hybridized carbons (Fsp3) is 0.333. The van der Waals surface area contributed by atoms with Crippen LogP contribution in [0.3, 0.4) is 0 Å². The molecule has 0 aliphatic heterocycles. The zero-order valence-corrected chi connectivity index (χ0v) is 9.40. The second kappa shape index (κ2) is 5.42. The molecule has 4 nitrogen and oxygen atoms in total. The van der Waals surface area contributed by atoms with Gasteiger partial charge < -0.3 is 5.32 Å². The first-order valence-corrected chi connectivity index (χ1v) is 5.45. The molecule has 0 atom stereocenters. The molecule has 84 valence electrons. The molecule has 0 bridgehead atoms. The number of hydrogen-bond acceptors (Lipinski definition) is 3. The molecule has 0 fully saturated rings. The largest absolute Gasteiger partial charge is 0.311 e. The van der Waals surface area contributed by atoms with Crippen molar-refractivity contribution in [2.75, 3.05) is 6.54 Å². The summed E-state index contributed by atoms with van der Waals surface area (Å²) in [6, 6.07) is 4.05. The smallest absolute Gasteiger partial charge is 0.0490 e. The molecular weight excluding hydrogens is 200 g/mol. The summed E-state index contributed by atoms with van der Waals surface area (Å²) >= 11 is 0. The lowest BCUT2D eigenvalue weighted by Gasteiger charge is -2.05. The molecule has 0 radical (unpaired) electrons. The van der Waals surface area contributed by atoms with Gasteiger partial charge in [0, 0.05) is 30.8 Å². The van der Waals surface area contributed by atoms with E-state index in [2.05, 4.69) is 33.5 Å². The average Bonchev–Trinajstić information content (AvgIpc) is 2.79. The first-order valence-electron chi connectivity index (χ1n) is 5.45. The van der Waals surface area contributed by atoms with Crippen LogP contribution in [0, 0.1) is 6.92 Å². The Bertz CT molecular complexity index is 422. The minimum atomic E-state index is 0.837. The fourth-order valence-electron chi connectivity index (χ4n) is 1.61. The molecule has 2 N–H and O–H groups in total. The third-order valence-electron chi connectivity index (χ3n) is 2.58. The van der Waals surface area contributed by atoms with Crippen LogP contribution >= 0.6 is 0 Å². The zero-order chi connectivity index (χ0) is 11.2. The number of pyridine rings is 1. The van der Waals surface area contributed by atoms with Gasteiger partial charge in [-0.25, -0.2) is 0 Å². The summed E-state index contributed by atoms with van der Waals surface area (Å²) in [6.07, 6.45) is 6.55. The van der Waals surface area contributed by atoms with Gasteiger partial charge in [0.25, 0.3) is 0 Å². The van der Waals surface area contributed by atoms with E-state index in [0.717, 1.165) is 25.2 Å². The minimum absolute atomic E-state index is 0.837. The third kappa shape index (κ3) is 2.90. The van der Waals surface area contributed by atoms with Crippen molar-refractivity contribution in [1.82, 2.24) is 20.5 Å². The Balaban J connectivity index is 1.74. The Hall–Kier alpha value is -1.68. The van der Waals surface area contributed by atoms with Gasteiger partial charge in [0.1, 0.15) is 0 Å². The highest BCUT2D eigenvalue weighted by Gasteiger charge is 1.97. The maximum Gasteiger partial charge on any atom is 0.0490 e. The maximum atomic E-state index is 4.08. The molecule has 16 heavy (non-hydrogen) atoms. The standard InChI is InChI=1S/C12H16N4/c1-10-8-13-5-2-11(10)3-6-14-9-12-4-7-15-16-12/h2,4-5,7-8,14H,3,6,9H2,1H3,(H,15,16). The summed E-state index contributed by atoms with van der Waals surface area (Å²) in [5, 5.41) is 10.2. The molecule has 0 aliphatic carbocycles. The van der Waals surface area contributed by atoms with E-state index in [-0.39, 0.29) is 0 Å². The van der Waals surface area contributed by atoms with E-state index < -0.39 is 0 Å². The molecule has 0 amide bonds. The summed E-state index contributed by atoms with van der Waals surface area (Å²) in [4.78, 5) is 4.08. The first-order chi connectivity index (χ1) is 7.86. The molecule has 2 heterocycles. The van der Waals surface area contributed by atoms with Crippen molar-refractivity contribution < 1.29 is 0 Å². The van der Waals surface area contributed by atoms with E-state index in [0.29, 0.717) is 0 Å². The number of aryl methyl sites for hydroxylation is 1. The number of H-pyrrole nitrogens is 1. The van der Waals surface area contributed by atoms with E-state index in [1.54, 1.807) is 6.20 Å². The van der Waals surface area contributed by atoms with Crippen molar-refractivity contribution in [3.63, 3.8) is 0 Å². The predicted molar refractivity (Wildman–Crippen MR) is 63.0 cm³/mol. The van der Waals surface area contributed by atoms with Crippen LogP contribution in [0.25, 0.3) is 0 Å². The van der Waals surface area contributed by atoms with Crippen LogP contribution in [0.5, 0.6) is 0 Å². The van der Waals surface area contributed by atoms with Crippen LogP contribution in [-0.4, -0.2) is 21.7 Å². The highest BCUT2D eigenvalue weighted by atomic mass is 15.1. The Morgan fingerprint density at radius 2 is 2.25 bits per heavy atom. The van der Waals surface area contributed by atoms with Crippen molar-refractivity contribution in [3.05, 3.63) is 47.5 Å². The van der Waals surface area contributed by atoms with Gasteiger partial charge in [-0.05, 0) is 43.1 Å².